The van der Waals surface area contributed by atoms with E-state index >= 15 is 0 Å². The van der Waals surface area contributed by atoms with Gasteiger partial charge in [-0.25, -0.2) is 9.18 Å². The maximum absolute atomic E-state index is 14.6. The third kappa shape index (κ3) is 6.57. The average Bonchev–Trinajstić information content (AvgIpc) is 2.95. The Bertz CT molecular complexity index is 1180. The van der Waals surface area contributed by atoms with Crippen LogP contribution in [0.3, 0.4) is 0 Å². The molecule has 1 aliphatic rings. The molecule has 3 rings (SSSR count). The molecule has 0 bridgehead atoms. The molecule has 1 heterocycles. The first-order chi connectivity index (χ1) is 17.5. The van der Waals surface area contributed by atoms with E-state index in [1.54, 1.807) is 13.8 Å². The molecule has 208 valence electrons. The molecule has 0 saturated heterocycles. The van der Waals surface area contributed by atoms with Crippen LogP contribution in [-0.4, -0.2) is 29.5 Å². The van der Waals surface area contributed by atoms with E-state index in [0.29, 0.717) is 24.1 Å². The van der Waals surface area contributed by atoms with E-state index in [9.17, 15) is 40.3 Å². The standard InChI is InChI=1S/C26H27F7N2O3/c1-14(2)38-24(37)34-7-5-6-22(20-8-15(3)21(27)12-23(20)34)35(16(4)36)13-17-9-18(25(28,29)30)11-19(10-17)26(31,32)33/h8-12,14,22H,5-7,13H2,1-4H3. The summed E-state index contributed by atoms with van der Waals surface area (Å²) in [6, 6.07) is 2.86. The van der Waals surface area contributed by atoms with Gasteiger partial charge in [0.25, 0.3) is 0 Å². The number of hydrogen-bond acceptors (Lipinski definition) is 3. The van der Waals surface area contributed by atoms with Gasteiger partial charge in [0.05, 0.1) is 29.0 Å². The van der Waals surface area contributed by atoms with Gasteiger partial charge in [0.15, 0.2) is 0 Å². The van der Waals surface area contributed by atoms with E-state index in [-0.39, 0.29) is 35.8 Å². The second-order valence-corrected chi connectivity index (χ2v) is 9.46. The molecule has 0 saturated carbocycles. The molecule has 38 heavy (non-hydrogen) atoms. The molecule has 5 nitrogen and oxygen atoms in total. The molecule has 2 aromatic carbocycles. The van der Waals surface area contributed by atoms with Crippen LogP contribution >= 0.6 is 0 Å². The predicted molar refractivity (Wildman–Crippen MR) is 125 cm³/mol. The van der Waals surface area contributed by atoms with E-state index in [2.05, 4.69) is 0 Å². The van der Waals surface area contributed by atoms with Crippen LogP contribution in [0.25, 0.3) is 0 Å². The molecule has 12 heteroatoms. The van der Waals surface area contributed by atoms with Crippen molar-refractivity contribution in [2.75, 3.05) is 11.4 Å². The smallest absolute Gasteiger partial charge is 0.416 e. The van der Waals surface area contributed by atoms with Crippen LogP contribution in [0, 0.1) is 12.7 Å². The minimum absolute atomic E-state index is 0.0207. The van der Waals surface area contributed by atoms with Crippen LogP contribution < -0.4 is 4.90 Å². The van der Waals surface area contributed by atoms with Crippen LogP contribution in [0.15, 0.2) is 30.3 Å². The number of fused-ring (bicyclic) bond motifs is 1. The lowest BCUT2D eigenvalue weighted by atomic mass is 9.96. The van der Waals surface area contributed by atoms with Crippen LogP contribution in [0.5, 0.6) is 0 Å². The molecule has 1 unspecified atom stereocenters. The number of anilines is 1. The van der Waals surface area contributed by atoms with Gasteiger partial charge < -0.3 is 9.64 Å². The van der Waals surface area contributed by atoms with Crippen molar-refractivity contribution in [3.8, 4) is 0 Å². The Balaban J connectivity index is 2.12. The lowest BCUT2D eigenvalue weighted by Gasteiger charge is -2.33. The van der Waals surface area contributed by atoms with Crippen LogP contribution in [0.2, 0.25) is 0 Å². The molecule has 0 N–H and O–H groups in total. The van der Waals surface area contributed by atoms with Gasteiger partial charge in [-0.1, -0.05) is 0 Å². The average molecular weight is 548 g/mol. The highest BCUT2D eigenvalue weighted by molar-refractivity contribution is 5.89. The van der Waals surface area contributed by atoms with Crippen molar-refractivity contribution in [1.82, 2.24) is 4.90 Å². The van der Waals surface area contributed by atoms with Gasteiger partial charge in [-0.05, 0) is 80.6 Å². The number of nitrogens with zero attached hydrogens (tertiary/aromatic N) is 2. The number of rotatable bonds is 4. The lowest BCUT2D eigenvalue weighted by molar-refractivity contribution is -0.143. The van der Waals surface area contributed by atoms with E-state index in [1.807, 2.05) is 0 Å². The van der Waals surface area contributed by atoms with E-state index in [1.165, 1.54) is 17.9 Å². The fourth-order valence-corrected chi connectivity index (χ4v) is 4.44. The second-order valence-electron chi connectivity index (χ2n) is 9.46. The Morgan fingerprint density at radius 2 is 1.61 bits per heavy atom. The Kier molecular flexibility index (Phi) is 8.33. The predicted octanol–water partition coefficient (Wildman–Crippen LogP) is 7.41. The molecule has 0 aliphatic carbocycles. The molecule has 2 amide bonds. The third-order valence-electron chi connectivity index (χ3n) is 6.15. The molecule has 1 aliphatic heterocycles. The molecule has 0 aromatic heterocycles. The first-order valence-electron chi connectivity index (χ1n) is 11.8. The first-order valence-corrected chi connectivity index (χ1v) is 11.8. The van der Waals surface area contributed by atoms with E-state index in [4.69, 9.17) is 4.74 Å². The Labute approximate surface area is 215 Å². The number of ether oxygens (including phenoxy) is 1. The number of amides is 2. The number of aryl methyl sites for hydroxylation is 1. The zero-order chi connectivity index (χ0) is 28.6. The highest BCUT2D eigenvalue weighted by atomic mass is 19.4. The van der Waals surface area contributed by atoms with Crippen LogP contribution in [0.4, 0.5) is 41.2 Å². The minimum atomic E-state index is -5.04. The van der Waals surface area contributed by atoms with E-state index in [0.717, 1.165) is 17.9 Å². The quantitative estimate of drug-likeness (QED) is 0.374. The largest absolute Gasteiger partial charge is 0.446 e. The molecule has 1 atom stereocenters. The number of hydrogen-bond donors (Lipinski definition) is 0. The summed E-state index contributed by atoms with van der Waals surface area (Å²) in [7, 11) is 0. The van der Waals surface area contributed by atoms with Crippen molar-refractivity contribution in [2.24, 2.45) is 0 Å². The van der Waals surface area contributed by atoms with Crippen LogP contribution in [-0.2, 0) is 28.4 Å². The maximum atomic E-state index is 14.6. The molecule has 2 aromatic rings. The normalized spacial score (nSPS) is 16.2. The number of carbonyl (C=O) groups excluding carboxylic acids is 2. The highest BCUT2D eigenvalue weighted by Gasteiger charge is 2.38. The van der Waals surface area contributed by atoms with Crippen molar-refractivity contribution >= 4 is 17.7 Å². The topological polar surface area (TPSA) is 49.9 Å². The molecule has 0 radical (unpaired) electrons. The van der Waals surface area contributed by atoms with Crippen LogP contribution in [0.1, 0.15) is 67.5 Å². The lowest BCUT2D eigenvalue weighted by Crippen LogP contribution is -2.35. The maximum Gasteiger partial charge on any atom is 0.416 e. The van der Waals surface area contributed by atoms with Gasteiger partial charge in [0.1, 0.15) is 5.82 Å². The Morgan fingerprint density at radius 3 is 2.11 bits per heavy atom. The van der Waals surface area contributed by atoms with Crippen molar-refractivity contribution in [1.29, 1.82) is 0 Å². The number of alkyl halides is 6. The summed E-state index contributed by atoms with van der Waals surface area (Å²) in [6.45, 7) is 5.41. The fourth-order valence-electron chi connectivity index (χ4n) is 4.44. The SMILES string of the molecule is CC(=O)N(Cc1cc(C(F)(F)F)cc(C(F)(F)F)c1)C1CCCN(C(=O)OC(C)C)c2cc(F)c(C)cc21. The summed E-state index contributed by atoms with van der Waals surface area (Å²) in [5, 5.41) is 0. The molecular formula is C26H27F7N2O3. The molecule has 0 fully saturated rings. The van der Waals surface area contributed by atoms with Gasteiger partial charge in [-0.3, -0.25) is 9.69 Å². The van der Waals surface area contributed by atoms with Gasteiger partial charge in [0, 0.05) is 20.0 Å². The van der Waals surface area contributed by atoms with Crippen molar-refractivity contribution in [3.63, 3.8) is 0 Å². The molecular weight excluding hydrogens is 521 g/mol. The second kappa shape index (κ2) is 10.8. The minimum Gasteiger partial charge on any atom is -0.446 e. The summed E-state index contributed by atoms with van der Waals surface area (Å²) in [5.41, 5.74) is -2.72. The highest BCUT2D eigenvalue weighted by Crippen LogP contribution is 2.41. The van der Waals surface area contributed by atoms with Gasteiger partial charge >= 0.3 is 18.4 Å². The number of carbonyl (C=O) groups is 2. The summed E-state index contributed by atoms with van der Waals surface area (Å²) >= 11 is 0. The number of benzene rings is 2. The van der Waals surface area contributed by atoms with Crippen molar-refractivity contribution < 1.29 is 45.1 Å². The summed E-state index contributed by atoms with van der Waals surface area (Å²) in [6.07, 6.45) is -10.8. The summed E-state index contributed by atoms with van der Waals surface area (Å²) in [5.74, 6) is -1.25. The number of halogens is 7. The monoisotopic (exact) mass is 548 g/mol. The third-order valence-corrected chi connectivity index (χ3v) is 6.15. The first kappa shape index (κ1) is 29.2. The Morgan fingerprint density at radius 1 is 1.03 bits per heavy atom. The Hall–Kier alpha value is -3.31. The fraction of sp³-hybridized carbons (Fsp3) is 0.462. The zero-order valence-electron chi connectivity index (χ0n) is 21.1. The zero-order valence-corrected chi connectivity index (χ0v) is 21.1. The van der Waals surface area contributed by atoms with Gasteiger partial charge in [0.2, 0.25) is 5.91 Å². The van der Waals surface area contributed by atoms with Crippen molar-refractivity contribution in [3.05, 3.63) is 64.0 Å². The van der Waals surface area contributed by atoms with Gasteiger partial charge in [-0.2, -0.15) is 26.3 Å². The van der Waals surface area contributed by atoms with E-state index < -0.39 is 60.0 Å². The van der Waals surface area contributed by atoms with Crippen molar-refractivity contribution in [2.45, 2.75) is 71.6 Å². The molecule has 0 spiro atoms. The van der Waals surface area contributed by atoms with Gasteiger partial charge in [-0.15, -0.1) is 0 Å². The summed E-state index contributed by atoms with van der Waals surface area (Å²) < 4.78 is 100. The summed E-state index contributed by atoms with van der Waals surface area (Å²) in [4.78, 5) is 27.9.